The second-order valence-electron chi connectivity index (χ2n) is 6.40. The zero-order valence-electron chi connectivity index (χ0n) is 12.3. The smallest absolute Gasteiger partial charge is 0.0766 e. The van der Waals surface area contributed by atoms with Crippen molar-refractivity contribution in [1.29, 1.82) is 0 Å². The van der Waals surface area contributed by atoms with Crippen molar-refractivity contribution in [3.8, 4) is 5.69 Å². The van der Waals surface area contributed by atoms with Gasteiger partial charge in [0.05, 0.1) is 11.4 Å². The summed E-state index contributed by atoms with van der Waals surface area (Å²) in [4.78, 5) is 0. The summed E-state index contributed by atoms with van der Waals surface area (Å²) >= 11 is 0. The minimum Gasteiger partial charge on any atom is -0.308 e. The van der Waals surface area contributed by atoms with Gasteiger partial charge >= 0.3 is 0 Å². The molecule has 1 aromatic carbocycles. The van der Waals surface area contributed by atoms with E-state index in [0.29, 0.717) is 11.5 Å². The number of nitrogens with zero attached hydrogens (tertiary/aromatic N) is 2. The van der Waals surface area contributed by atoms with Gasteiger partial charge in [0.15, 0.2) is 0 Å². The van der Waals surface area contributed by atoms with Crippen LogP contribution in [-0.2, 0) is 6.54 Å². The predicted octanol–water partition coefficient (Wildman–Crippen LogP) is 3.54. The lowest BCUT2D eigenvalue weighted by atomic mass is 9.87. The van der Waals surface area contributed by atoms with Crippen LogP contribution in [0.25, 0.3) is 5.69 Å². The van der Waals surface area contributed by atoms with Gasteiger partial charge in [-0.15, -0.1) is 0 Å². The highest BCUT2D eigenvalue weighted by Gasteiger charge is 2.33. The number of para-hydroxylation sites is 1. The summed E-state index contributed by atoms with van der Waals surface area (Å²) in [6.07, 6.45) is 5.98. The SMILES string of the molecule is CC1(C)CCCC1NCc1ccn(-c2ccccc2)n1. The molecule has 1 aliphatic rings. The molecule has 3 nitrogen and oxygen atoms in total. The lowest BCUT2D eigenvalue weighted by Crippen LogP contribution is -2.37. The Balaban J connectivity index is 1.64. The summed E-state index contributed by atoms with van der Waals surface area (Å²) in [7, 11) is 0. The van der Waals surface area contributed by atoms with Gasteiger partial charge in [0, 0.05) is 18.8 Å². The quantitative estimate of drug-likeness (QED) is 0.920. The Morgan fingerprint density at radius 3 is 2.75 bits per heavy atom. The summed E-state index contributed by atoms with van der Waals surface area (Å²) < 4.78 is 1.94. The van der Waals surface area contributed by atoms with Crippen molar-refractivity contribution >= 4 is 0 Å². The first-order chi connectivity index (χ1) is 9.65. The Morgan fingerprint density at radius 1 is 1.25 bits per heavy atom. The number of hydrogen-bond donors (Lipinski definition) is 1. The summed E-state index contributed by atoms with van der Waals surface area (Å²) in [6, 6.07) is 13.0. The second kappa shape index (κ2) is 5.41. The van der Waals surface area contributed by atoms with E-state index in [0.717, 1.165) is 17.9 Å². The third-order valence-electron chi connectivity index (χ3n) is 4.45. The van der Waals surface area contributed by atoms with Crippen molar-refractivity contribution in [1.82, 2.24) is 15.1 Å². The predicted molar refractivity (Wildman–Crippen MR) is 81.8 cm³/mol. The Morgan fingerprint density at radius 2 is 2.05 bits per heavy atom. The molecule has 1 fully saturated rings. The van der Waals surface area contributed by atoms with E-state index in [-0.39, 0.29) is 0 Å². The highest BCUT2D eigenvalue weighted by Crippen LogP contribution is 2.37. The Bertz CT molecular complexity index is 557. The molecule has 2 aromatic rings. The van der Waals surface area contributed by atoms with E-state index in [4.69, 9.17) is 0 Å². The molecular weight excluding hydrogens is 246 g/mol. The average Bonchev–Trinajstić information content (AvgIpc) is 3.04. The topological polar surface area (TPSA) is 29.9 Å². The van der Waals surface area contributed by atoms with E-state index in [1.807, 2.05) is 29.1 Å². The van der Waals surface area contributed by atoms with Crippen LogP contribution < -0.4 is 5.32 Å². The molecule has 1 saturated carbocycles. The first-order valence-corrected chi connectivity index (χ1v) is 7.48. The van der Waals surface area contributed by atoms with Crippen LogP contribution in [0.5, 0.6) is 0 Å². The van der Waals surface area contributed by atoms with Crippen LogP contribution >= 0.6 is 0 Å². The van der Waals surface area contributed by atoms with E-state index < -0.39 is 0 Å². The van der Waals surface area contributed by atoms with Gasteiger partial charge in [-0.25, -0.2) is 4.68 Å². The summed E-state index contributed by atoms with van der Waals surface area (Å²) in [5.74, 6) is 0. The van der Waals surface area contributed by atoms with Crippen molar-refractivity contribution in [2.75, 3.05) is 0 Å². The van der Waals surface area contributed by atoms with Crippen LogP contribution in [0.15, 0.2) is 42.6 Å². The van der Waals surface area contributed by atoms with Gasteiger partial charge in [0.2, 0.25) is 0 Å². The third-order valence-corrected chi connectivity index (χ3v) is 4.45. The van der Waals surface area contributed by atoms with E-state index >= 15 is 0 Å². The molecule has 0 amide bonds. The fourth-order valence-corrected chi connectivity index (χ4v) is 3.11. The van der Waals surface area contributed by atoms with Gasteiger partial charge in [-0.1, -0.05) is 38.5 Å². The standard InChI is InChI=1S/C17H23N3/c1-17(2)11-6-9-16(17)18-13-14-10-12-20(19-14)15-7-4-3-5-8-15/h3-5,7-8,10,12,16,18H,6,9,11,13H2,1-2H3. The molecule has 106 valence electrons. The van der Waals surface area contributed by atoms with Gasteiger partial charge < -0.3 is 5.32 Å². The normalized spacial score (nSPS) is 21.2. The molecule has 1 N–H and O–H groups in total. The van der Waals surface area contributed by atoms with Gasteiger partial charge in [0.25, 0.3) is 0 Å². The lowest BCUT2D eigenvalue weighted by molar-refractivity contribution is 0.281. The first-order valence-electron chi connectivity index (χ1n) is 7.48. The molecule has 1 heterocycles. The maximum Gasteiger partial charge on any atom is 0.0766 e. The molecule has 1 aromatic heterocycles. The van der Waals surface area contributed by atoms with Gasteiger partial charge in [0.1, 0.15) is 0 Å². The molecule has 20 heavy (non-hydrogen) atoms. The van der Waals surface area contributed by atoms with Crippen LogP contribution in [0.2, 0.25) is 0 Å². The van der Waals surface area contributed by atoms with Crippen LogP contribution in [0, 0.1) is 5.41 Å². The van der Waals surface area contributed by atoms with Crippen molar-refractivity contribution in [2.45, 2.75) is 45.7 Å². The molecule has 3 heteroatoms. The zero-order chi connectivity index (χ0) is 14.0. The molecule has 3 rings (SSSR count). The number of nitrogens with one attached hydrogen (secondary N) is 1. The Labute approximate surface area is 121 Å². The van der Waals surface area contributed by atoms with Crippen molar-refractivity contribution in [3.05, 3.63) is 48.3 Å². The molecule has 1 unspecified atom stereocenters. The third kappa shape index (κ3) is 2.78. The molecule has 0 spiro atoms. The van der Waals surface area contributed by atoms with Crippen molar-refractivity contribution in [3.63, 3.8) is 0 Å². The Hall–Kier alpha value is -1.61. The van der Waals surface area contributed by atoms with E-state index in [2.05, 4.69) is 42.5 Å². The molecule has 1 atom stereocenters. The molecule has 1 aliphatic carbocycles. The summed E-state index contributed by atoms with van der Waals surface area (Å²) in [5, 5.41) is 8.32. The highest BCUT2D eigenvalue weighted by atomic mass is 15.3. The minimum absolute atomic E-state index is 0.419. The first kappa shape index (κ1) is 13.4. The van der Waals surface area contributed by atoms with Crippen LogP contribution in [0.1, 0.15) is 38.8 Å². The van der Waals surface area contributed by atoms with Gasteiger partial charge in [-0.2, -0.15) is 5.10 Å². The maximum atomic E-state index is 4.64. The van der Waals surface area contributed by atoms with E-state index in [1.165, 1.54) is 19.3 Å². The Kier molecular flexibility index (Phi) is 3.62. The summed E-state index contributed by atoms with van der Waals surface area (Å²) in [5.41, 5.74) is 2.64. The van der Waals surface area contributed by atoms with Gasteiger partial charge in [-0.3, -0.25) is 0 Å². The number of hydrogen-bond acceptors (Lipinski definition) is 2. The van der Waals surface area contributed by atoms with Crippen LogP contribution in [-0.4, -0.2) is 15.8 Å². The van der Waals surface area contributed by atoms with Crippen molar-refractivity contribution in [2.24, 2.45) is 5.41 Å². The molecule has 0 radical (unpaired) electrons. The highest BCUT2D eigenvalue weighted by molar-refractivity contribution is 5.30. The van der Waals surface area contributed by atoms with E-state index in [1.54, 1.807) is 0 Å². The van der Waals surface area contributed by atoms with Gasteiger partial charge in [-0.05, 0) is 36.5 Å². The largest absolute Gasteiger partial charge is 0.308 e. The van der Waals surface area contributed by atoms with Crippen molar-refractivity contribution < 1.29 is 0 Å². The minimum atomic E-state index is 0.419. The monoisotopic (exact) mass is 269 g/mol. The van der Waals surface area contributed by atoms with Crippen LogP contribution in [0.4, 0.5) is 0 Å². The number of rotatable bonds is 4. The lowest BCUT2D eigenvalue weighted by Gasteiger charge is -2.27. The molecule has 0 saturated heterocycles. The van der Waals surface area contributed by atoms with E-state index in [9.17, 15) is 0 Å². The summed E-state index contributed by atoms with van der Waals surface area (Å²) in [6.45, 7) is 5.58. The average molecular weight is 269 g/mol. The maximum absolute atomic E-state index is 4.64. The zero-order valence-corrected chi connectivity index (χ0v) is 12.3. The fourth-order valence-electron chi connectivity index (χ4n) is 3.11. The number of benzene rings is 1. The van der Waals surface area contributed by atoms with Crippen LogP contribution in [0.3, 0.4) is 0 Å². The molecular formula is C17H23N3. The second-order valence-corrected chi connectivity index (χ2v) is 6.40. The number of aromatic nitrogens is 2. The molecule has 0 bridgehead atoms. The fraction of sp³-hybridized carbons (Fsp3) is 0.471. The molecule has 0 aliphatic heterocycles.